The van der Waals surface area contributed by atoms with Gasteiger partial charge in [0.05, 0.1) is 16.7 Å². The van der Waals surface area contributed by atoms with E-state index < -0.39 is 0 Å². The van der Waals surface area contributed by atoms with Crippen LogP contribution in [0.2, 0.25) is 10.0 Å². The number of rotatable bonds is 4. The van der Waals surface area contributed by atoms with Crippen molar-refractivity contribution in [3.63, 3.8) is 0 Å². The van der Waals surface area contributed by atoms with Crippen molar-refractivity contribution in [3.05, 3.63) is 28.2 Å². The number of halogens is 3. The van der Waals surface area contributed by atoms with Gasteiger partial charge < -0.3 is 4.74 Å². The molecule has 1 fully saturated rings. The molecule has 15 heavy (non-hydrogen) atoms. The third-order valence-corrected chi connectivity index (χ3v) is 4.47. The molecule has 0 spiro atoms. The predicted octanol–water partition coefficient (Wildman–Crippen LogP) is 4.55. The van der Waals surface area contributed by atoms with E-state index in [2.05, 4.69) is 15.9 Å². The van der Waals surface area contributed by atoms with Crippen molar-refractivity contribution in [1.29, 1.82) is 0 Å². The van der Waals surface area contributed by atoms with Crippen molar-refractivity contribution >= 4 is 39.1 Å². The highest BCUT2D eigenvalue weighted by molar-refractivity contribution is 9.09. The van der Waals surface area contributed by atoms with Gasteiger partial charge in [-0.3, -0.25) is 0 Å². The molecule has 0 heterocycles. The van der Waals surface area contributed by atoms with Crippen molar-refractivity contribution in [2.24, 2.45) is 5.41 Å². The second kappa shape index (κ2) is 4.52. The van der Waals surface area contributed by atoms with E-state index >= 15 is 0 Å². The molecule has 0 aromatic heterocycles. The number of alkyl halides is 1. The Labute approximate surface area is 108 Å². The molecule has 0 atom stereocenters. The van der Waals surface area contributed by atoms with Crippen LogP contribution in [-0.4, -0.2) is 11.9 Å². The van der Waals surface area contributed by atoms with Crippen LogP contribution in [0.1, 0.15) is 12.8 Å². The predicted molar refractivity (Wildman–Crippen MR) is 67.4 cm³/mol. The SMILES string of the molecule is Clc1cccc(Cl)c1OCC1(CBr)CC1. The highest BCUT2D eigenvalue weighted by atomic mass is 79.9. The van der Waals surface area contributed by atoms with E-state index in [0.29, 0.717) is 27.8 Å². The normalized spacial score (nSPS) is 17.5. The number of ether oxygens (including phenoxy) is 1. The van der Waals surface area contributed by atoms with Crippen molar-refractivity contribution in [2.75, 3.05) is 11.9 Å². The van der Waals surface area contributed by atoms with Crippen molar-refractivity contribution in [3.8, 4) is 5.75 Å². The first-order chi connectivity index (χ1) is 7.17. The van der Waals surface area contributed by atoms with Gasteiger partial charge in [-0.1, -0.05) is 45.2 Å². The summed E-state index contributed by atoms with van der Waals surface area (Å²) < 4.78 is 5.69. The van der Waals surface area contributed by atoms with Gasteiger partial charge in [-0.25, -0.2) is 0 Å². The summed E-state index contributed by atoms with van der Waals surface area (Å²) in [6.07, 6.45) is 2.42. The smallest absolute Gasteiger partial charge is 0.156 e. The molecule has 1 aliphatic rings. The summed E-state index contributed by atoms with van der Waals surface area (Å²) in [6, 6.07) is 5.39. The Hall–Kier alpha value is 0.0800. The van der Waals surface area contributed by atoms with Crippen LogP contribution in [0.25, 0.3) is 0 Å². The van der Waals surface area contributed by atoms with Gasteiger partial charge in [-0.15, -0.1) is 0 Å². The van der Waals surface area contributed by atoms with E-state index in [-0.39, 0.29) is 0 Å². The fraction of sp³-hybridized carbons (Fsp3) is 0.455. The lowest BCUT2D eigenvalue weighted by Gasteiger charge is -2.14. The van der Waals surface area contributed by atoms with Crippen LogP contribution in [0.4, 0.5) is 0 Å². The minimum Gasteiger partial charge on any atom is -0.490 e. The van der Waals surface area contributed by atoms with Gasteiger partial charge in [0.1, 0.15) is 0 Å². The highest BCUT2D eigenvalue weighted by Gasteiger charge is 2.42. The van der Waals surface area contributed by atoms with Gasteiger partial charge >= 0.3 is 0 Å². The maximum atomic E-state index is 6.00. The monoisotopic (exact) mass is 308 g/mol. The average Bonchev–Trinajstić information content (AvgIpc) is 2.98. The summed E-state index contributed by atoms with van der Waals surface area (Å²) in [6.45, 7) is 0.682. The summed E-state index contributed by atoms with van der Waals surface area (Å²) in [5, 5.41) is 2.13. The molecule has 1 aromatic rings. The molecule has 0 bridgehead atoms. The molecule has 1 aromatic carbocycles. The average molecular weight is 310 g/mol. The highest BCUT2D eigenvalue weighted by Crippen LogP contribution is 2.48. The third-order valence-electron chi connectivity index (χ3n) is 2.68. The lowest BCUT2D eigenvalue weighted by atomic mass is 10.2. The quantitative estimate of drug-likeness (QED) is 0.742. The van der Waals surface area contributed by atoms with Crippen LogP contribution >= 0.6 is 39.1 Å². The summed E-state index contributed by atoms with van der Waals surface area (Å²) in [5.74, 6) is 0.605. The zero-order chi connectivity index (χ0) is 10.9. The molecule has 1 saturated carbocycles. The molecule has 0 radical (unpaired) electrons. The van der Waals surface area contributed by atoms with Gasteiger partial charge in [0.15, 0.2) is 5.75 Å². The van der Waals surface area contributed by atoms with E-state index in [0.717, 1.165) is 5.33 Å². The van der Waals surface area contributed by atoms with E-state index in [1.165, 1.54) is 12.8 Å². The molecule has 82 valence electrons. The van der Waals surface area contributed by atoms with Crippen molar-refractivity contribution in [2.45, 2.75) is 12.8 Å². The molecule has 0 saturated heterocycles. The molecule has 1 aliphatic carbocycles. The standard InChI is InChI=1S/C11H11BrCl2O/c12-6-11(4-5-11)7-15-10-8(13)2-1-3-9(10)14/h1-3H,4-7H2. The summed E-state index contributed by atoms with van der Waals surface area (Å²) in [4.78, 5) is 0. The lowest BCUT2D eigenvalue weighted by molar-refractivity contribution is 0.251. The minimum absolute atomic E-state index is 0.308. The number of hydrogen-bond donors (Lipinski definition) is 0. The Morgan fingerprint density at radius 3 is 2.33 bits per heavy atom. The molecule has 0 N–H and O–H groups in total. The number of hydrogen-bond acceptors (Lipinski definition) is 1. The van der Waals surface area contributed by atoms with Gasteiger partial charge in [0, 0.05) is 10.7 Å². The van der Waals surface area contributed by atoms with E-state index in [1.54, 1.807) is 12.1 Å². The summed E-state index contributed by atoms with van der Waals surface area (Å²) in [5.41, 5.74) is 0.308. The van der Waals surface area contributed by atoms with Gasteiger partial charge in [-0.2, -0.15) is 0 Å². The maximum absolute atomic E-state index is 6.00. The fourth-order valence-electron chi connectivity index (χ4n) is 1.34. The molecule has 2 rings (SSSR count). The summed E-state index contributed by atoms with van der Waals surface area (Å²) >= 11 is 15.5. The zero-order valence-electron chi connectivity index (χ0n) is 8.10. The molecule has 4 heteroatoms. The van der Waals surface area contributed by atoms with E-state index in [4.69, 9.17) is 27.9 Å². The van der Waals surface area contributed by atoms with Gasteiger partial charge in [-0.05, 0) is 25.0 Å². The molecular formula is C11H11BrCl2O. The molecule has 0 aliphatic heterocycles. The summed E-state index contributed by atoms with van der Waals surface area (Å²) in [7, 11) is 0. The van der Waals surface area contributed by atoms with Crippen LogP contribution in [0.3, 0.4) is 0 Å². The lowest BCUT2D eigenvalue weighted by Crippen LogP contribution is -2.14. The molecule has 0 unspecified atom stereocenters. The van der Waals surface area contributed by atoms with Crippen LogP contribution in [-0.2, 0) is 0 Å². The van der Waals surface area contributed by atoms with Crippen LogP contribution in [0.15, 0.2) is 18.2 Å². The van der Waals surface area contributed by atoms with E-state index in [9.17, 15) is 0 Å². The molecule has 0 amide bonds. The first-order valence-electron chi connectivity index (χ1n) is 4.80. The second-order valence-electron chi connectivity index (χ2n) is 3.97. The topological polar surface area (TPSA) is 9.23 Å². The first kappa shape index (κ1) is 11.6. The zero-order valence-corrected chi connectivity index (χ0v) is 11.2. The first-order valence-corrected chi connectivity index (χ1v) is 6.67. The molecule has 1 nitrogen and oxygen atoms in total. The Morgan fingerprint density at radius 2 is 1.87 bits per heavy atom. The Bertz CT molecular complexity index is 343. The van der Waals surface area contributed by atoms with Crippen molar-refractivity contribution in [1.82, 2.24) is 0 Å². The Balaban J connectivity index is 2.05. The fourth-order valence-corrected chi connectivity index (χ4v) is 2.57. The van der Waals surface area contributed by atoms with Crippen LogP contribution < -0.4 is 4.74 Å². The van der Waals surface area contributed by atoms with Crippen LogP contribution in [0.5, 0.6) is 5.75 Å². The molecular weight excluding hydrogens is 299 g/mol. The Kier molecular flexibility index (Phi) is 3.49. The minimum atomic E-state index is 0.308. The second-order valence-corrected chi connectivity index (χ2v) is 5.35. The number of benzene rings is 1. The largest absolute Gasteiger partial charge is 0.490 e. The number of para-hydroxylation sites is 1. The maximum Gasteiger partial charge on any atom is 0.156 e. The Morgan fingerprint density at radius 1 is 1.27 bits per heavy atom. The van der Waals surface area contributed by atoms with Gasteiger partial charge in [0.2, 0.25) is 0 Å². The van der Waals surface area contributed by atoms with Crippen LogP contribution in [0, 0.1) is 5.41 Å². The van der Waals surface area contributed by atoms with Gasteiger partial charge in [0.25, 0.3) is 0 Å². The van der Waals surface area contributed by atoms with Crippen molar-refractivity contribution < 1.29 is 4.74 Å². The van der Waals surface area contributed by atoms with E-state index in [1.807, 2.05) is 6.07 Å². The third kappa shape index (κ3) is 2.61.